The summed E-state index contributed by atoms with van der Waals surface area (Å²) in [5.74, 6) is -1.47. The molecule has 2 aliphatic heterocycles. The minimum atomic E-state index is -3.64. The van der Waals surface area contributed by atoms with E-state index in [1.165, 1.54) is 34.9 Å². The van der Waals surface area contributed by atoms with Crippen LogP contribution in [0.25, 0.3) is 0 Å². The van der Waals surface area contributed by atoms with Crippen LogP contribution in [0.15, 0.2) is 53.7 Å². The summed E-state index contributed by atoms with van der Waals surface area (Å²) < 4.78 is 45.1. The third-order valence-electron chi connectivity index (χ3n) is 6.22. The van der Waals surface area contributed by atoms with Gasteiger partial charge >= 0.3 is 5.97 Å². The summed E-state index contributed by atoms with van der Waals surface area (Å²) >= 11 is 0. The molecule has 2 aromatic rings. The summed E-state index contributed by atoms with van der Waals surface area (Å²) in [6, 6.07) is 9.30. The fourth-order valence-electron chi connectivity index (χ4n) is 4.19. The molecule has 34 heavy (non-hydrogen) atoms. The van der Waals surface area contributed by atoms with Gasteiger partial charge in [0.1, 0.15) is 10.7 Å². The lowest BCUT2D eigenvalue weighted by Crippen LogP contribution is -2.50. The maximum Gasteiger partial charge on any atom is 0.309 e. The normalized spacial score (nSPS) is 18.0. The first kappa shape index (κ1) is 24.1. The summed E-state index contributed by atoms with van der Waals surface area (Å²) in [5, 5.41) is 0. The lowest BCUT2D eigenvalue weighted by atomic mass is 9.98. The fourth-order valence-corrected chi connectivity index (χ4v) is 5.62. The van der Waals surface area contributed by atoms with Gasteiger partial charge in [0.15, 0.2) is 6.61 Å². The monoisotopic (exact) mass is 490 g/mol. The van der Waals surface area contributed by atoms with Gasteiger partial charge in [0.05, 0.1) is 5.92 Å². The van der Waals surface area contributed by atoms with Gasteiger partial charge in [-0.05, 0) is 49.2 Å². The molecule has 0 atom stereocenters. The number of ether oxygens (including phenoxy) is 1. The van der Waals surface area contributed by atoms with Crippen molar-refractivity contribution >= 4 is 27.6 Å². The van der Waals surface area contributed by atoms with E-state index in [1.807, 2.05) is 0 Å². The van der Waals surface area contributed by atoms with Gasteiger partial charge in [-0.25, -0.2) is 12.8 Å². The zero-order valence-electron chi connectivity index (χ0n) is 18.7. The topological polar surface area (TPSA) is 100 Å². The van der Waals surface area contributed by atoms with E-state index in [2.05, 4.69) is 9.88 Å². The highest BCUT2D eigenvalue weighted by Crippen LogP contribution is 2.24. The van der Waals surface area contributed by atoms with Gasteiger partial charge in [0, 0.05) is 57.3 Å². The molecule has 0 radical (unpaired) electrons. The Bertz CT molecular complexity index is 1100. The zero-order chi connectivity index (χ0) is 24.1. The number of amides is 1. The molecule has 0 unspecified atom stereocenters. The molecule has 2 aliphatic rings. The van der Waals surface area contributed by atoms with Crippen molar-refractivity contribution in [1.82, 2.24) is 14.2 Å². The van der Waals surface area contributed by atoms with Crippen LogP contribution in [0.3, 0.4) is 0 Å². The van der Waals surface area contributed by atoms with Crippen LogP contribution in [0.4, 0.5) is 10.1 Å². The number of carbonyl (C=O) groups is 2. The maximum absolute atomic E-state index is 13.1. The molecule has 0 saturated carbocycles. The molecule has 0 spiro atoms. The number of pyridine rings is 1. The smallest absolute Gasteiger partial charge is 0.309 e. The van der Waals surface area contributed by atoms with E-state index in [0.29, 0.717) is 39.0 Å². The van der Waals surface area contributed by atoms with E-state index in [1.54, 1.807) is 23.1 Å². The van der Waals surface area contributed by atoms with E-state index >= 15 is 0 Å². The summed E-state index contributed by atoms with van der Waals surface area (Å²) in [7, 11) is -3.64. The van der Waals surface area contributed by atoms with Crippen LogP contribution >= 0.6 is 0 Å². The Morgan fingerprint density at radius 2 is 1.68 bits per heavy atom. The predicted octanol–water partition coefficient (Wildman–Crippen LogP) is 1.51. The highest BCUT2D eigenvalue weighted by atomic mass is 32.2. The maximum atomic E-state index is 13.1. The fraction of sp³-hybridized carbons (Fsp3) is 0.435. The van der Waals surface area contributed by atoms with Crippen molar-refractivity contribution in [3.8, 4) is 0 Å². The molecule has 1 aromatic carbocycles. The number of hydrogen-bond acceptors (Lipinski definition) is 7. The summed E-state index contributed by atoms with van der Waals surface area (Å²) in [6.45, 7) is 2.26. The molecule has 1 amide bonds. The Kier molecular flexibility index (Phi) is 7.42. The average Bonchev–Trinajstić information content (AvgIpc) is 2.88. The number of carbonyl (C=O) groups excluding carboxylic acids is 2. The molecular weight excluding hydrogens is 463 g/mol. The van der Waals surface area contributed by atoms with E-state index in [4.69, 9.17) is 4.74 Å². The van der Waals surface area contributed by atoms with Crippen LogP contribution in [0.5, 0.6) is 0 Å². The molecule has 3 heterocycles. The van der Waals surface area contributed by atoms with Crippen molar-refractivity contribution < 1.29 is 27.1 Å². The predicted molar refractivity (Wildman–Crippen MR) is 122 cm³/mol. The second kappa shape index (κ2) is 10.5. The Morgan fingerprint density at radius 1 is 1.00 bits per heavy atom. The van der Waals surface area contributed by atoms with Gasteiger partial charge < -0.3 is 14.5 Å². The number of benzene rings is 1. The highest BCUT2D eigenvalue weighted by molar-refractivity contribution is 7.89. The molecular formula is C23H27FN4O5S. The summed E-state index contributed by atoms with van der Waals surface area (Å²) in [4.78, 5) is 32.7. The van der Waals surface area contributed by atoms with Gasteiger partial charge in [-0.2, -0.15) is 4.31 Å². The highest BCUT2D eigenvalue weighted by Gasteiger charge is 2.33. The van der Waals surface area contributed by atoms with Crippen LogP contribution in [-0.2, 0) is 24.3 Å². The van der Waals surface area contributed by atoms with E-state index in [0.717, 1.165) is 5.69 Å². The first-order chi connectivity index (χ1) is 16.3. The first-order valence-electron chi connectivity index (χ1n) is 11.2. The van der Waals surface area contributed by atoms with Crippen LogP contribution < -0.4 is 4.90 Å². The second-order valence-electron chi connectivity index (χ2n) is 8.32. The number of halogens is 1. The van der Waals surface area contributed by atoms with Crippen LogP contribution in [0, 0.1) is 11.7 Å². The molecule has 2 fully saturated rings. The molecule has 4 rings (SSSR count). The van der Waals surface area contributed by atoms with Gasteiger partial charge in [0.2, 0.25) is 10.0 Å². The van der Waals surface area contributed by atoms with Gasteiger partial charge in [-0.15, -0.1) is 0 Å². The number of aromatic nitrogens is 1. The Morgan fingerprint density at radius 3 is 2.29 bits per heavy atom. The van der Waals surface area contributed by atoms with Gasteiger partial charge in [0.25, 0.3) is 5.91 Å². The number of nitrogens with zero attached hydrogens (tertiary/aromatic N) is 4. The molecule has 182 valence electrons. The van der Waals surface area contributed by atoms with E-state index < -0.39 is 21.9 Å². The number of anilines is 1. The third-order valence-corrected chi connectivity index (χ3v) is 8.10. The molecule has 0 aliphatic carbocycles. The van der Waals surface area contributed by atoms with Gasteiger partial charge in [-0.3, -0.25) is 14.6 Å². The molecule has 9 nitrogen and oxygen atoms in total. The summed E-state index contributed by atoms with van der Waals surface area (Å²) in [5.41, 5.74) is 0.900. The van der Waals surface area contributed by atoms with Gasteiger partial charge in [-0.1, -0.05) is 0 Å². The number of sulfonamides is 1. The van der Waals surface area contributed by atoms with Crippen molar-refractivity contribution in [1.29, 1.82) is 0 Å². The lowest BCUT2D eigenvalue weighted by Gasteiger charge is -2.36. The number of piperidine rings is 1. The SMILES string of the molecule is O=C(OCC(=O)N1CCN(c2ccc(F)cc2)CC1)C1CCN(S(=O)(=O)c2cccnc2)CC1. The van der Waals surface area contributed by atoms with Crippen LogP contribution in [-0.4, -0.2) is 80.4 Å². The van der Waals surface area contributed by atoms with Crippen molar-refractivity contribution in [2.45, 2.75) is 17.7 Å². The minimum absolute atomic E-state index is 0.126. The molecule has 0 N–H and O–H groups in total. The molecule has 2 saturated heterocycles. The number of hydrogen-bond donors (Lipinski definition) is 0. The van der Waals surface area contributed by atoms with Crippen LogP contribution in [0.1, 0.15) is 12.8 Å². The van der Waals surface area contributed by atoms with E-state index in [-0.39, 0.29) is 36.3 Å². The Hall–Kier alpha value is -3.05. The third kappa shape index (κ3) is 5.53. The number of piperazine rings is 1. The van der Waals surface area contributed by atoms with Crippen LogP contribution in [0.2, 0.25) is 0 Å². The quantitative estimate of drug-likeness (QED) is 0.566. The minimum Gasteiger partial charge on any atom is -0.455 e. The average molecular weight is 491 g/mol. The lowest BCUT2D eigenvalue weighted by molar-refractivity contribution is -0.156. The van der Waals surface area contributed by atoms with Crippen molar-refractivity contribution in [2.75, 3.05) is 50.8 Å². The van der Waals surface area contributed by atoms with E-state index in [9.17, 15) is 22.4 Å². The van der Waals surface area contributed by atoms with Crippen molar-refractivity contribution in [3.05, 3.63) is 54.6 Å². The molecule has 11 heteroatoms. The molecule has 1 aromatic heterocycles. The van der Waals surface area contributed by atoms with Crippen molar-refractivity contribution in [3.63, 3.8) is 0 Å². The Balaban J connectivity index is 1.20. The Labute approximate surface area is 198 Å². The van der Waals surface area contributed by atoms with Crippen molar-refractivity contribution in [2.24, 2.45) is 5.92 Å². The zero-order valence-corrected chi connectivity index (χ0v) is 19.5. The first-order valence-corrected chi connectivity index (χ1v) is 12.6. The molecule has 0 bridgehead atoms. The second-order valence-corrected chi connectivity index (χ2v) is 10.3. The largest absolute Gasteiger partial charge is 0.455 e. The summed E-state index contributed by atoms with van der Waals surface area (Å²) in [6.07, 6.45) is 3.49. The number of rotatable bonds is 6. The number of esters is 1. The standard InChI is InChI=1S/C23H27FN4O5S/c24-19-3-5-20(6-4-19)26-12-14-27(15-13-26)22(29)17-33-23(30)18-7-10-28(11-8-18)34(31,32)21-2-1-9-25-16-21/h1-6,9,16,18H,7-8,10-15,17H2.